The van der Waals surface area contributed by atoms with E-state index in [9.17, 15) is 19.8 Å². The first-order valence-corrected chi connectivity index (χ1v) is 15.9. The largest absolute Gasteiger partial charge is 0.394 e. The van der Waals surface area contributed by atoms with Crippen molar-refractivity contribution >= 4 is 35.0 Å². The number of amides is 2. The van der Waals surface area contributed by atoms with Gasteiger partial charge in [-0.2, -0.15) is 0 Å². The second-order valence-corrected chi connectivity index (χ2v) is 13.4. The zero-order valence-electron chi connectivity index (χ0n) is 25.7. The van der Waals surface area contributed by atoms with Crippen LogP contribution in [0.1, 0.15) is 60.5 Å². The van der Waals surface area contributed by atoms with Gasteiger partial charge in [-0.25, -0.2) is 8.78 Å². The Hall–Kier alpha value is -3.12. The van der Waals surface area contributed by atoms with Crippen molar-refractivity contribution in [2.45, 2.75) is 62.8 Å². The highest BCUT2D eigenvalue weighted by molar-refractivity contribution is 6.31. The van der Waals surface area contributed by atoms with Gasteiger partial charge in [0.05, 0.1) is 29.3 Å². The van der Waals surface area contributed by atoms with Gasteiger partial charge in [0.25, 0.3) is 5.91 Å². The van der Waals surface area contributed by atoms with E-state index in [2.05, 4.69) is 16.0 Å². The molecule has 5 atom stereocenters. The van der Waals surface area contributed by atoms with Crippen LogP contribution in [0.2, 0.25) is 10.0 Å². The predicted molar refractivity (Wildman–Crippen MR) is 175 cm³/mol. The lowest BCUT2D eigenvalue weighted by atomic mass is 9.67. The molecule has 0 radical (unpaired) electrons. The topological polar surface area (TPSA) is 137 Å². The second kappa shape index (κ2) is 15.2. The molecule has 1 fully saturated rings. The van der Waals surface area contributed by atoms with E-state index >= 15 is 8.78 Å². The molecule has 248 valence electrons. The van der Waals surface area contributed by atoms with Gasteiger partial charge in [0.15, 0.2) is 0 Å². The lowest BCUT2D eigenvalue weighted by molar-refractivity contribution is -0.123. The molecule has 1 saturated heterocycles. The SMILES string of the molecule is CC(C)(CCNC(=O)c1ccccc1)CC1NC(C(=O)NCCC(O)CO)C(c2cccc(Cl)c2F)C1(N)c1ccc(Cl)cc1F. The molecule has 3 aromatic carbocycles. The van der Waals surface area contributed by atoms with Crippen molar-refractivity contribution in [3.63, 3.8) is 0 Å². The van der Waals surface area contributed by atoms with Crippen LogP contribution in [0.25, 0.3) is 0 Å². The predicted octanol–water partition coefficient (Wildman–Crippen LogP) is 4.65. The van der Waals surface area contributed by atoms with Crippen molar-refractivity contribution < 1.29 is 28.6 Å². The molecule has 1 aliphatic rings. The van der Waals surface area contributed by atoms with Crippen molar-refractivity contribution in [2.75, 3.05) is 19.7 Å². The number of aliphatic hydroxyl groups is 2. The molecule has 7 N–H and O–H groups in total. The third-order valence-corrected chi connectivity index (χ3v) is 9.20. The summed E-state index contributed by atoms with van der Waals surface area (Å²) in [7, 11) is 0. The number of nitrogens with one attached hydrogen (secondary N) is 3. The zero-order chi connectivity index (χ0) is 33.6. The van der Waals surface area contributed by atoms with Gasteiger partial charge < -0.3 is 31.9 Å². The minimum Gasteiger partial charge on any atom is -0.394 e. The van der Waals surface area contributed by atoms with E-state index in [0.717, 1.165) is 6.07 Å². The third-order valence-electron chi connectivity index (χ3n) is 8.67. The van der Waals surface area contributed by atoms with Gasteiger partial charge in [-0.05, 0) is 60.6 Å². The van der Waals surface area contributed by atoms with E-state index in [1.165, 1.54) is 24.3 Å². The molecule has 5 unspecified atom stereocenters. The smallest absolute Gasteiger partial charge is 0.251 e. The molecule has 0 bridgehead atoms. The normalized spacial score (nSPS) is 22.0. The Morgan fingerprint density at radius 3 is 2.43 bits per heavy atom. The van der Waals surface area contributed by atoms with Gasteiger partial charge in [-0.1, -0.05) is 73.4 Å². The van der Waals surface area contributed by atoms with E-state index < -0.39 is 59.2 Å². The van der Waals surface area contributed by atoms with E-state index in [1.807, 2.05) is 19.9 Å². The van der Waals surface area contributed by atoms with E-state index in [-0.39, 0.29) is 40.0 Å². The van der Waals surface area contributed by atoms with Crippen LogP contribution >= 0.6 is 23.2 Å². The first kappa shape index (κ1) is 35.7. The maximum absolute atomic E-state index is 15.8. The van der Waals surface area contributed by atoms with Crippen molar-refractivity contribution in [1.82, 2.24) is 16.0 Å². The van der Waals surface area contributed by atoms with Crippen molar-refractivity contribution in [1.29, 1.82) is 0 Å². The number of halogens is 4. The summed E-state index contributed by atoms with van der Waals surface area (Å²) in [5.41, 5.74) is 5.69. The average Bonchev–Trinajstić information content (AvgIpc) is 3.29. The van der Waals surface area contributed by atoms with E-state index in [1.54, 1.807) is 30.3 Å². The van der Waals surface area contributed by atoms with Gasteiger partial charge in [-0.15, -0.1) is 0 Å². The maximum atomic E-state index is 15.8. The number of aliphatic hydroxyl groups excluding tert-OH is 2. The quantitative estimate of drug-likeness (QED) is 0.156. The molecular weight excluding hydrogens is 637 g/mol. The van der Waals surface area contributed by atoms with Gasteiger partial charge in [0, 0.05) is 41.2 Å². The number of nitrogens with two attached hydrogens (primary N) is 1. The van der Waals surface area contributed by atoms with E-state index in [0.29, 0.717) is 24.9 Å². The van der Waals surface area contributed by atoms with Crippen LogP contribution in [0.3, 0.4) is 0 Å². The van der Waals surface area contributed by atoms with Crippen LogP contribution in [0, 0.1) is 17.0 Å². The molecule has 8 nitrogen and oxygen atoms in total. The summed E-state index contributed by atoms with van der Waals surface area (Å²) in [6.07, 6.45) is -0.144. The molecule has 1 aliphatic heterocycles. The molecule has 0 aromatic heterocycles. The number of carbonyl (C=O) groups excluding carboxylic acids is 2. The Balaban J connectivity index is 1.71. The number of carbonyl (C=O) groups is 2. The highest BCUT2D eigenvalue weighted by atomic mass is 35.5. The van der Waals surface area contributed by atoms with Crippen LogP contribution in [0.4, 0.5) is 8.78 Å². The summed E-state index contributed by atoms with van der Waals surface area (Å²) < 4.78 is 31.6. The van der Waals surface area contributed by atoms with Crippen molar-refractivity contribution in [3.8, 4) is 0 Å². The Morgan fingerprint density at radius 2 is 1.76 bits per heavy atom. The standard InChI is InChI=1S/C34H40Cl2F2N4O4/c1-33(2,14-16-41-31(45)20-7-4-3-5-8-20)18-27-34(39,24-12-11-21(35)17-26(24)37)28(23-9-6-10-25(36)29(23)38)30(42-27)32(46)40-15-13-22(44)19-43/h3-12,17,22,27-28,30,42-44H,13-16,18-19,39H2,1-2H3,(H,40,46)(H,41,45). The highest BCUT2D eigenvalue weighted by Gasteiger charge is 2.58. The minimum atomic E-state index is -1.68. The molecule has 12 heteroatoms. The first-order valence-electron chi connectivity index (χ1n) is 15.1. The summed E-state index contributed by atoms with van der Waals surface area (Å²) in [5, 5.41) is 27.9. The number of rotatable bonds is 13. The first-order chi connectivity index (χ1) is 21.8. The lowest BCUT2D eigenvalue weighted by Gasteiger charge is -2.40. The molecule has 2 amide bonds. The number of hydrogen-bond acceptors (Lipinski definition) is 6. The fraction of sp³-hybridized carbons (Fsp3) is 0.412. The fourth-order valence-electron chi connectivity index (χ4n) is 6.22. The monoisotopic (exact) mass is 676 g/mol. The van der Waals surface area contributed by atoms with Gasteiger partial charge in [0.1, 0.15) is 11.6 Å². The van der Waals surface area contributed by atoms with Crippen LogP contribution in [-0.2, 0) is 10.3 Å². The van der Waals surface area contributed by atoms with Crippen LogP contribution in [0.15, 0.2) is 66.7 Å². The van der Waals surface area contributed by atoms with E-state index in [4.69, 9.17) is 28.9 Å². The fourth-order valence-corrected chi connectivity index (χ4v) is 6.56. The van der Waals surface area contributed by atoms with Crippen LogP contribution < -0.4 is 21.7 Å². The van der Waals surface area contributed by atoms with Crippen LogP contribution in [-0.4, -0.2) is 59.9 Å². The van der Waals surface area contributed by atoms with Crippen molar-refractivity contribution in [2.24, 2.45) is 11.1 Å². The zero-order valence-corrected chi connectivity index (χ0v) is 27.2. The summed E-state index contributed by atoms with van der Waals surface area (Å²) >= 11 is 12.3. The average molecular weight is 678 g/mol. The number of benzene rings is 3. The van der Waals surface area contributed by atoms with Gasteiger partial charge in [0.2, 0.25) is 5.91 Å². The molecule has 0 saturated carbocycles. The second-order valence-electron chi connectivity index (χ2n) is 12.5. The summed E-state index contributed by atoms with van der Waals surface area (Å²) in [5.74, 6) is -3.39. The molecule has 4 rings (SSSR count). The van der Waals surface area contributed by atoms with Crippen molar-refractivity contribution in [3.05, 3.63) is 105 Å². The molecule has 1 heterocycles. The minimum absolute atomic E-state index is 0.0215. The summed E-state index contributed by atoms with van der Waals surface area (Å²) in [6, 6.07) is 15.4. The van der Waals surface area contributed by atoms with Crippen LogP contribution in [0.5, 0.6) is 0 Å². The molecule has 0 spiro atoms. The molecule has 0 aliphatic carbocycles. The number of hydrogen-bond donors (Lipinski definition) is 6. The maximum Gasteiger partial charge on any atom is 0.251 e. The Morgan fingerprint density at radius 1 is 1.04 bits per heavy atom. The molecular formula is C34H40Cl2F2N4O4. The molecule has 3 aromatic rings. The highest BCUT2D eigenvalue weighted by Crippen LogP contribution is 2.50. The molecule has 46 heavy (non-hydrogen) atoms. The van der Waals surface area contributed by atoms with Gasteiger partial charge >= 0.3 is 0 Å². The van der Waals surface area contributed by atoms with Gasteiger partial charge in [-0.3, -0.25) is 9.59 Å². The Labute approximate surface area is 277 Å². The summed E-state index contributed by atoms with van der Waals surface area (Å²) in [4.78, 5) is 26.4. The Bertz CT molecular complexity index is 1530. The lowest BCUT2D eigenvalue weighted by Crippen LogP contribution is -2.52. The summed E-state index contributed by atoms with van der Waals surface area (Å²) in [6.45, 7) is 3.83. The Kier molecular flexibility index (Phi) is 11.8. The third kappa shape index (κ3) is 8.05.